The van der Waals surface area contributed by atoms with Gasteiger partial charge in [-0.2, -0.15) is 4.98 Å². The lowest BCUT2D eigenvalue weighted by molar-refractivity contribution is 0.0346. The third-order valence-corrected chi connectivity index (χ3v) is 5.68. The molecular formula is C19H31N5O3. The Bertz CT molecular complexity index is 634. The lowest BCUT2D eigenvalue weighted by atomic mass is 9.93. The smallest absolute Gasteiger partial charge is 0.254 e. The molecule has 2 aliphatic carbocycles. The normalized spacial score (nSPS) is 28.1. The molecule has 0 saturated heterocycles. The number of nitrogens with two attached hydrogens (primary N) is 1. The number of ether oxygens (including phenoxy) is 1. The molecule has 0 radical (unpaired) electrons. The van der Waals surface area contributed by atoms with Crippen molar-refractivity contribution in [2.24, 2.45) is 11.7 Å². The van der Waals surface area contributed by atoms with E-state index in [0.29, 0.717) is 23.9 Å². The Kier molecular flexibility index (Phi) is 6.84. The van der Waals surface area contributed by atoms with E-state index in [1.165, 1.54) is 6.20 Å². The predicted octanol–water partition coefficient (Wildman–Crippen LogP) is 1.91. The Morgan fingerprint density at radius 3 is 2.70 bits per heavy atom. The number of hydrogen-bond donors (Lipinski definition) is 4. The molecule has 3 rings (SSSR count). The van der Waals surface area contributed by atoms with Crippen molar-refractivity contribution in [1.29, 1.82) is 0 Å². The van der Waals surface area contributed by atoms with Gasteiger partial charge in [0.1, 0.15) is 5.82 Å². The van der Waals surface area contributed by atoms with Gasteiger partial charge in [-0.25, -0.2) is 4.98 Å². The summed E-state index contributed by atoms with van der Waals surface area (Å²) < 4.78 is 5.70. The minimum Gasteiger partial charge on any atom is -0.396 e. The highest BCUT2D eigenvalue weighted by Crippen LogP contribution is 2.29. The molecule has 5 N–H and O–H groups in total. The maximum atomic E-state index is 11.8. The van der Waals surface area contributed by atoms with Crippen LogP contribution in [0.1, 0.15) is 62.2 Å². The minimum atomic E-state index is -0.556. The molecule has 150 valence electrons. The van der Waals surface area contributed by atoms with Gasteiger partial charge in [-0.3, -0.25) is 4.79 Å². The third kappa shape index (κ3) is 5.07. The highest BCUT2D eigenvalue weighted by Gasteiger charge is 2.28. The maximum Gasteiger partial charge on any atom is 0.254 e. The van der Waals surface area contributed by atoms with E-state index in [-0.39, 0.29) is 24.1 Å². The van der Waals surface area contributed by atoms with Crippen LogP contribution in [0.25, 0.3) is 0 Å². The fourth-order valence-electron chi connectivity index (χ4n) is 4.15. The number of carbonyl (C=O) groups is 1. The standard InChI is InChI=1S/C19H31N5O3/c1-2-27-14-8-6-13(7-9-14)22-19-21-10-15(17(20)26)18(24-19)23-16-5-3-4-12(16)11-25/h10,12-14,16,25H,2-9,11H2,1H3,(H2,20,26)(H2,21,22,23,24)/t12-,13-,14-,16-/m1/s1. The van der Waals surface area contributed by atoms with E-state index < -0.39 is 5.91 Å². The number of nitrogens with one attached hydrogen (secondary N) is 2. The quantitative estimate of drug-likeness (QED) is 0.546. The van der Waals surface area contributed by atoms with E-state index in [0.717, 1.165) is 51.6 Å². The average Bonchev–Trinajstić information content (AvgIpc) is 3.11. The number of primary amides is 1. The van der Waals surface area contributed by atoms with E-state index in [1.807, 2.05) is 6.92 Å². The molecule has 2 atom stereocenters. The second-order valence-electron chi connectivity index (χ2n) is 7.52. The van der Waals surface area contributed by atoms with Crippen LogP contribution in [0.5, 0.6) is 0 Å². The van der Waals surface area contributed by atoms with Crippen molar-refractivity contribution in [1.82, 2.24) is 9.97 Å². The van der Waals surface area contributed by atoms with Gasteiger partial charge in [0, 0.05) is 37.4 Å². The van der Waals surface area contributed by atoms with Crippen molar-refractivity contribution < 1.29 is 14.6 Å². The van der Waals surface area contributed by atoms with E-state index in [9.17, 15) is 9.90 Å². The zero-order valence-corrected chi connectivity index (χ0v) is 16.0. The maximum absolute atomic E-state index is 11.8. The molecule has 0 aromatic carbocycles. The van der Waals surface area contributed by atoms with Gasteiger partial charge in [-0.15, -0.1) is 0 Å². The van der Waals surface area contributed by atoms with Crippen LogP contribution in [0, 0.1) is 5.92 Å². The lowest BCUT2D eigenvalue weighted by Gasteiger charge is -2.29. The first-order valence-corrected chi connectivity index (χ1v) is 10.0. The van der Waals surface area contributed by atoms with Crippen LogP contribution in [-0.2, 0) is 4.74 Å². The molecule has 1 aromatic heterocycles. The molecular weight excluding hydrogens is 346 g/mol. The molecule has 0 aliphatic heterocycles. The molecule has 27 heavy (non-hydrogen) atoms. The highest BCUT2D eigenvalue weighted by molar-refractivity contribution is 5.97. The summed E-state index contributed by atoms with van der Waals surface area (Å²) in [5, 5.41) is 16.2. The number of anilines is 2. The topological polar surface area (TPSA) is 122 Å². The van der Waals surface area contributed by atoms with Gasteiger partial charge in [0.25, 0.3) is 5.91 Å². The van der Waals surface area contributed by atoms with Crippen molar-refractivity contribution in [3.8, 4) is 0 Å². The van der Waals surface area contributed by atoms with Crippen LogP contribution in [-0.4, -0.2) is 52.4 Å². The Morgan fingerprint density at radius 1 is 1.26 bits per heavy atom. The summed E-state index contributed by atoms with van der Waals surface area (Å²) in [5.74, 6) is 0.569. The second-order valence-corrected chi connectivity index (χ2v) is 7.52. The minimum absolute atomic E-state index is 0.0949. The van der Waals surface area contributed by atoms with Crippen LogP contribution >= 0.6 is 0 Å². The van der Waals surface area contributed by atoms with Gasteiger partial charge in [0.05, 0.1) is 11.7 Å². The van der Waals surface area contributed by atoms with Gasteiger partial charge in [-0.1, -0.05) is 6.42 Å². The van der Waals surface area contributed by atoms with E-state index in [2.05, 4.69) is 20.6 Å². The van der Waals surface area contributed by atoms with Crippen LogP contribution in [0.2, 0.25) is 0 Å². The molecule has 2 fully saturated rings. The molecule has 1 heterocycles. The van der Waals surface area contributed by atoms with E-state index in [4.69, 9.17) is 10.5 Å². The molecule has 8 nitrogen and oxygen atoms in total. The highest BCUT2D eigenvalue weighted by atomic mass is 16.5. The molecule has 1 aromatic rings. The molecule has 0 spiro atoms. The fraction of sp³-hybridized carbons (Fsp3) is 0.737. The second kappa shape index (κ2) is 9.32. The number of amides is 1. The lowest BCUT2D eigenvalue weighted by Crippen LogP contribution is -2.31. The van der Waals surface area contributed by atoms with Crippen molar-refractivity contribution in [3.63, 3.8) is 0 Å². The van der Waals surface area contributed by atoms with Crippen LogP contribution in [0.3, 0.4) is 0 Å². The average molecular weight is 377 g/mol. The number of aromatic nitrogens is 2. The molecule has 0 bridgehead atoms. The van der Waals surface area contributed by atoms with Crippen LogP contribution in [0.4, 0.5) is 11.8 Å². The number of nitrogens with zero attached hydrogens (tertiary/aromatic N) is 2. The van der Waals surface area contributed by atoms with Gasteiger partial charge >= 0.3 is 0 Å². The molecule has 0 unspecified atom stereocenters. The SMILES string of the molecule is CCO[C@H]1CC[C@H](Nc2ncc(C(N)=O)c(N[C@@H]3CCC[C@@H]3CO)n2)CC1. The first-order valence-electron chi connectivity index (χ1n) is 10.0. The van der Waals surface area contributed by atoms with Gasteiger partial charge in [0.2, 0.25) is 5.95 Å². The third-order valence-electron chi connectivity index (χ3n) is 5.68. The monoisotopic (exact) mass is 377 g/mol. The predicted molar refractivity (Wildman–Crippen MR) is 104 cm³/mol. The summed E-state index contributed by atoms with van der Waals surface area (Å²) in [6.45, 7) is 2.91. The Morgan fingerprint density at radius 2 is 2.04 bits per heavy atom. The van der Waals surface area contributed by atoms with Crippen molar-refractivity contribution in [3.05, 3.63) is 11.8 Å². The van der Waals surface area contributed by atoms with E-state index in [1.54, 1.807) is 0 Å². The molecule has 2 aliphatic rings. The molecule has 1 amide bonds. The summed E-state index contributed by atoms with van der Waals surface area (Å²) >= 11 is 0. The van der Waals surface area contributed by atoms with Crippen LogP contribution < -0.4 is 16.4 Å². The summed E-state index contributed by atoms with van der Waals surface area (Å²) in [7, 11) is 0. The van der Waals surface area contributed by atoms with Gasteiger partial charge in [0.15, 0.2) is 0 Å². The summed E-state index contributed by atoms with van der Waals surface area (Å²) in [6, 6.07) is 0.392. The first kappa shape index (κ1) is 19.8. The number of hydrogen-bond acceptors (Lipinski definition) is 7. The number of aliphatic hydroxyl groups excluding tert-OH is 1. The molecule has 8 heteroatoms. The number of carbonyl (C=O) groups excluding carboxylic acids is 1. The largest absolute Gasteiger partial charge is 0.396 e. The number of rotatable bonds is 8. The van der Waals surface area contributed by atoms with Crippen LogP contribution in [0.15, 0.2) is 6.20 Å². The summed E-state index contributed by atoms with van der Waals surface area (Å²) in [5.41, 5.74) is 5.77. The Hall–Kier alpha value is -1.93. The summed E-state index contributed by atoms with van der Waals surface area (Å²) in [4.78, 5) is 20.6. The number of aliphatic hydroxyl groups is 1. The first-order chi connectivity index (χ1) is 13.1. The summed E-state index contributed by atoms with van der Waals surface area (Å²) in [6.07, 6.45) is 8.85. The van der Waals surface area contributed by atoms with E-state index >= 15 is 0 Å². The zero-order valence-electron chi connectivity index (χ0n) is 16.0. The Labute approximate surface area is 160 Å². The van der Waals surface area contributed by atoms with Gasteiger partial charge in [-0.05, 0) is 45.4 Å². The zero-order chi connectivity index (χ0) is 19.2. The molecule has 2 saturated carbocycles. The van der Waals surface area contributed by atoms with Crippen molar-refractivity contribution in [2.45, 2.75) is 70.1 Å². The fourth-order valence-corrected chi connectivity index (χ4v) is 4.15. The van der Waals surface area contributed by atoms with Crippen molar-refractivity contribution >= 4 is 17.7 Å². The Balaban J connectivity index is 1.67. The van der Waals surface area contributed by atoms with Crippen molar-refractivity contribution in [2.75, 3.05) is 23.8 Å². The van der Waals surface area contributed by atoms with Gasteiger partial charge < -0.3 is 26.2 Å².